The van der Waals surface area contributed by atoms with Crippen LogP contribution < -0.4 is 10.6 Å². The van der Waals surface area contributed by atoms with Crippen molar-refractivity contribution in [3.63, 3.8) is 0 Å². The van der Waals surface area contributed by atoms with Gasteiger partial charge in [-0.25, -0.2) is 4.99 Å². The van der Waals surface area contributed by atoms with Crippen LogP contribution in [0.5, 0.6) is 0 Å². The average molecular weight is 388 g/mol. The van der Waals surface area contributed by atoms with E-state index >= 15 is 0 Å². The van der Waals surface area contributed by atoms with Crippen molar-refractivity contribution in [2.24, 2.45) is 4.99 Å². The van der Waals surface area contributed by atoms with Gasteiger partial charge in [0.05, 0.1) is 12.8 Å². The van der Waals surface area contributed by atoms with Crippen molar-refractivity contribution in [3.8, 4) is 0 Å². The first-order chi connectivity index (χ1) is 12.6. The van der Waals surface area contributed by atoms with Gasteiger partial charge in [0.25, 0.3) is 0 Å². The molecule has 0 fully saturated rings. The molecule has 3 heterocycles. The summed E-state index contributed by atoms with van der Waals surface area (Å²) in [6.07, 6.45) is 2.55. The van der Waals surface area contributed by atoms with Crippen molar-refractivity contribution in [3.05, 3.63) is 68.9 Å². The van der Waals surface area contributed by atoms with E-state index in [1.807, 2.05) is 12.1 Å². The maximum absolute atomic E-state index is 5.40. The molecular weight excluding hydrogens is 362 g/mol. The van der Waals surface area contributed by atoms with Gasteiger partial charge in [0.15, 0.2) is 5.96 Å². The first-order valence-corrected chi connectivity index (χ1v) is 10.5. The zero-order valence-electron chi connectivity index (χ0n) is 15.2. The van der Waals surface area contributed by atoms with Crippen LogP contribution in [0.4, 0.5) is 0 Å². The average Bonchev–Trinajstić information content (AvgIpc) is 3.40. The molecule has 0 aliphatic heterocycles. The van der Waals surface area contributed by atoms with E-state index in [9.17, 15) is 0 Å². The summed E-state index contributed by atoms with van der Waals surface area (Å²) in [7, 11) is 0. The third kappa shape index (κ3) is 5.47. The van der Waals surface area contributed by atoms with E-state index in [-0.39, 0.29) is 5.41 Å². The molecule has 4 nitrogen and oxygen atoms in total. The summed E-state index contributed by atoms with van der Waals surface area (Å²) >= 11 is 3.53. The van der Waals surface area contributed by atoms with Crippen LogP contribution in [0.2, 0.25) is 0 Å². The number of guanidine groups is 1. The van der Waals surface area contributed by atoms with Gasteiger partial charge in [-0.15, -0.1) is 22.7 Å². The zero-order chi connectivity index (χ0) is 18.2. The molecule has 0 aromatic carbocycles. The summed E-state index contributed by atoms with van der Waals surface area (Å²) in [4.78, 5) is 7.38. The van der Waals surface area contributed by atoms with E-state index in [1.54, 1.807) is 28.9 Å². The van der Waals surface area contributed by atoms with Crippen molar-refractivity contribution in [1.82, 2.24) is 10.6 Å². The van der Waals surface area contributed by atoms with Crippen molar-refractivity contribution < 1.29 is 4.42 Å². The maximum atomic E-state index is 5.40. The Morgan fingerprint density at radius 2 is 1.92 bits per heavy atom. The second-order valence-electron chi connectivity index (χ2n) is 6.72. The number of rotatable bonds is 8. The normalized spacial score (nSPS) is 12.3. The highest BCUT2D eigenvalue weighted by Gasteiger charge is 2.22. The lowest BCUT2D eigenvalue weighted by atomic mass is 9.91. The lowest BCUT2D eigenvalue weighted by Crippen LogP contribution is -2.43. The Morgan fingerprint density at radius 3 is 2.62 bits per heavy atom. The molecule has 0 saturated carbocycles. The first kappa shape index (κ1) is 18.7. The number of furan rings is 1. The van der Waals surface area contributed by atoms with Gasteiger partial charge in [0, 0.05) is 34.7 Å². The minimum atomic E-state index is 0.0561. The van der Waals surface area contributed by atoms with Gasteiger partial charge in [-0.05, 0) is 35.0 Å². The largest absolute Gasteiger partial charge is 0.469 e. The van der Waals surface area contributed by atoms with Gasteiger partial charge in [-0.1, -0.05) is 26.0 Å². The third-order valence-electron chi connectivity index (χ3n) is 4.10. The number of hydrogen-bond donors (Lipinski definition) is 2. The minimum Gasteiger partial charge on any atom is -0.469 e. The molecule has 138 valence electrons. The van der Waals surface area contributed by atoms with E-state index in [4.69, 9.17) is 9.41 Å². The van der Waals surface area contributed by atoms with Crippen molar-refractivity contribution in [2.45, 2.75) is 32.2 Å². The van der Waals surface area contributed by atoms with Gasteiger partial charge in [-0.2, -0.15) is 0 Å². The molecule has 0 unspecified atom stereocenters. The van der Waals surface area contributed by atoms with E-state index in [0.717, 1.165) is 31.2 Å². The Kier molecular flexibility index (Phi) is 6.52. The van der Waals surface area contributed by atoms with Gasteiger partial charge in [-0.3, -0.25) is 0 Å². The predicted molar refractivity (Wildman–Crippen MR) is 111 cm³/mol. The molecule has 0 radical (unpaired) electrons. The standard InChI is InChI=1S/C20H25N3OS2/c1-20(2,18-8-5-13-26-18)15-23-19(22-14-17-7-4-12-25-17)21-10-9-16-6-3-11-24-16/h3-8,11-13H,9-10,14-15H2,1-2H3,(H2,21,22,23). The molecule has 0 atom stereocenters. The quantitative estimate of drug-likeness (QED) is 0.437. The predicted octanol–water partition coefficient (Wildman–Crippen LogP) is 4.66. The summed E-state index contributed by atoms with van der Waals surface area (Å²) < 4.78 is 5.40. The van der Waals surface area contributed by atoms with Gasteiger partial charge in [0.2, 0.25) is 0 Å². The van der Waals surface area contributed by atoms with Crippen LogP contribution in [0.3, 0.4) is 0 Å². The Labute approximate surface area is 163 Å². The summed E-state index contributed by atoms with van der Waals surface area (Å²) in [5.74, 6) is 1.82. The Balaban J connectivity index is 1.58. The van der Waals surface area contributed by atoms with E-state index in [1.165, 1.54) is 9.75 Å². The molecule has 26 heavy (non-hydrogen) atoms. The fraction of sp³-hybridized carbons (Fsp3) is 0.350. The number of nitrogens with zero attached hydrogens (tertiary/aromatic N) is 1. The molecule has 0 aliphatic carbocycles. The van der Waals surface area contributed by atoms with E-state index < -0.39 is 0 Å². The molecule has 3 aromatic rings. The topological polar surface area (TPSA) is 49.6 Å². The zero-order valence-corrected chi connectivity index (χ0v) is 16.8. The number of thiophene rings is 2. The van der Waals surface area contributed by atoms with Crippen LogP contribution in [-0.4, -0.2) is 19.0 Å². The summed E-state index contributed by atoms with van der Waals surface area (Å²) in [5, 5.41) is 11.2. The van der Waals surface area contributed by atoms with Gasteiger partial charge >= 0.3 is 0 Å². The lowest BCUT2D eigenvalue weighted by Gasteiger charge is -2.25. The molecule has 3 rings (SSSR count). The third-order valence-corrected chi connectivity index (χ3v) is 6.20. The van der Waals surface area contributed by atoms with Crippen LogP contribution in [0, 0.1) is 0 Å². The van der Waals surface area contributed by atoms with Crippen molar-refractivity contribution in [2.75, 3.05) is 13.1 Å². The van der Waals surface area contributed by atoms with E-state index in [0.29, 0.717) is 6.54 Å². The molecule has 0 aliphatic rings. The molecular formula is C20H25N3OS2. The number of hydrogen-bond acceptors (Lipinski definition) is 4. The number of aliphatic imine (C=N–C) groups is 1. The summed E-state index contributed by atoms with van der Waals surface area (Å²) in [5.41, 5.74) is 0.0561. The second-order valence-corrected chi connectivity index (χ2v) is 8.70. The smallest absolute Gasteiger partial charge is 0.191 e. The Hall–Kier alpha value is -2.05. The summed E-state index contributed by atoms with van der Waals surface area (Å²) in [6, 6.07) is 12.4. The van der Waals surface area contributed by atoms with Gasteiger partial charge in [0.1, 0.15) is 5.76 Å². The highest BCUT2D eigenvalue weighted by atomic mass is 32.1. The van der Waals surface area contributed by atoms with Gasteiger partial charge < -0.3 is 15.1 Å². The fourth-order valence-corrected chi connectivity index (χ4v) is 4.03. The monoisotopic (exact) mass is 387 g/mol. The molecule has 0 bridgehead atoms. The fourth-order valence-electron chi connectivity index (χ4n) is 2.55. The molecule has 2 N–H and O–H groups in total. The van der Waals surface area contributed by atoms with Crippen LogP contribution >= 0.6 is 22.7 Å². The molecule has 6 heteroatoms. The van der Waals surface area contributed by atoms with E-state index in [2.05, 4.69) is 59.5 Å². The SMILES string of the molecule is CC(C)(CNC(=NCc1cccs1)NCCc1ccco1)c1cccs1. The Morgan fingerprint density at radius 1 is 1.08 bits per heavy atom. The van der Waals surface area contributed by atoms with Crippen molar-refractivity contribution >= 4 is 28.6 Å². The molecule has 3 aromatic heterocycles. The van der Waals surface area contributed by atoms with Crippen LogP contribution in [-0.2, 0) is 18.4 Å². The van der Waals surface area contributed by atoms with Crippen LogP contribution in [0.15, 0.2) is 62.8 Å². The molecule has 0 amide bonds. The minimum absolute atomic E-state index is 0.0561. The van der Waals surface area contributed by atoms with Crippen molar-refractivity contribution in [1.29, 1.82) is 0 Å². The highest BCUT2D eigenvalue weighted by molar-refractivity contribution is 7.10. The molecule has 0 saturated heterocycles. The molecule has 0 spiro atoms. The second kappa shape index (κ2) is 9.05. The first-order valence-electron chi connectivity index (χ1n) is 8.74. The van der Waals surface area contributed by atoms with Crippen LogP contribution in [0.1, 0.15) is 29.4 Å². The number of nitrogens with one attached hydrogen (secondary N) is 2. The maximum Gasteiger partial charge on any atom is 0.191 e. The summed E-state index contributed by atoms with van der Waals surface area (Å²) in [6.45, 7) is 6.80. The van der Waals surface area contributed by atoms with Crippen LogP contribution in [0.25, 0.3) is 0 Å². The lowest BCUT2D eigenvalue weighted by molar-refractivity contribution is 0.502. The Bertz CT molecular complexity index is 775. The highest BCUT2D eigenvalue weighted by Crippen LogP contribution is 2.26.